The molecule has 0 aliphatic rings. The molecule has 0 saturated heterocycles. The molecule has 0 atom stereocenters. The Morgan fingerprint density at radius 1 is 1.11 bits per heavy atom. The molecule has 0 bridgehead atoms. The molecule has 146 valence electrons. The van der Waals surface area contributed by atoms with E-state index in [9.17, 15) is 22.0 Å². The summed E-state index contributed by atoms with van der Waals surface area (Å²) >= 11 is 0. The van der Waals surface area contributed by atoms with Crippen LogP contribution in [0.25, 0.3) is 11.4 Å². The van der Waals surface area contributed by atoms with Crippen LogP contribution in [-0.4, -0.2) is 29.5 Å². The van der Waals surface area contributed by atoms with Crippen LogP contribution in [0.4, 0.5) is 14.5 Å². The Labute approximate surface area is 160 Å². The van der Waals surface area contributed by atoms with Crippen molar-refractivity contribution in [3.63, 3.8) is 0 Å². The number of carbonyl (C=O) groups excluding carboxylic acids is 1. The van der Waals surface area contributed by atoms with Crippen molar-refractivity contribution >= 4 is 21.5 Å². The van der Waals surface area contributed by atoms with Gasteiger partial charge in [-0.05, 0) is 30.7 Å². The summed E-state index contributed by atoms with van der Waals surface area (Å²) in [5, 5.41) is 0. The normalized spacial score (nSPS) is 11.4. The van der Waals surface area contributed by atoms with Crippen LogP contribution in [-0.2, 0) is 17.1 Å². The summed E-state index contributed by atoms with van der Waals surface area (Å²) in [6.45, 7) is 1.73. The second kappa shape index (κ2) is 7.51. The topological polar surface area (TPSA) is 81.1 Å². The number of aryl methyl sites for hydroxylation is 2. The number of carbonyl (C=O) groups is 1. The molecule has 0 saturated carbocycles. The molecule has 0 aliphatic carbocycles. The van der Waals surface area contributed by atoms with Crippen LogP contribution < -0.4 is 4.72 Å². The van der Waals surface area contributed by atoms with E-state index in [2.05, 4.69) is 9.71 Å². The zero-order valence-electron chi connectivity index (χ0n) is 15.1. The van der Waals surface area contributed by atoms with E-state index >= 15 is 0 Å². The number of benzene rings is 2. The highest BCUT2D eigenvalue weighted by Gasteiger charge is 2.23. The maximum atomic E-state index is 14.0. The summed E-state index contributed by atoms with van der Waals surface area (Å²) in [4.78, 5) is 16.4. The molecule has 0 radical (unpaired) electrons. The van der Waals surface area contributed by atoms with Gasteiger partial charge >= 0.3 is 0 Å². The van der Waals surface area contributed by atoms with Crippen LogP contribution in [0.15, 0.2) is 48.7 Å². The second-order valence-corrected chi connectivity index (χ2v) is 7.98. The Morgan fingerprint density at radius 3 is 2.39 bits per heavy atom. The highest BCUT2D eigenvalue weighted by Crippen LogP contribution is 2.25. The molecule has 1 aromatic heterocycles. The number of para-hydroxylation sites is 1. The van der Waals surface area contributed by atoms with Crippen LogP contribution in [0.5, 0.6) is 0 Å². The van der Waals surface area contributed by atoms with Crippen molar-refractivity contribution in [3.05, 3.63) is 71.6 Å². The predicted molar refractivity (Wildman–Crippen MR) is 101 cm³/mol. The highest BCUT2D eigenvalue weighted by atomic mass is 32.2. The molecule has 0 spiro atoms. The maximum absolute atomic E-state index is 14.0. The number of ketones is 1. The fourth-order valence-electron chi connectivity index (χ4n) is 2.68. The first kappa shape index (κ1) is 19.7. The van der Waals surface area contributed by atoms with Crippen molar-refractivity contribution < 1.29 is 22.0 Å². The minimum atomic E-state index is -3.99. The lowest BCUT2D eigenvalue weighted by molar-refractivity contribution is 0.101. The van der Waals surface area contributed by atoms with Gasteiger partial charge in [-0.15, -0.1) is 0 Å². The average Bonchev–Trinajstić information content (AvgIpc) is 2.98. The molecule has 3 aromatic rings. The lowest BCUT2D eigenvalue weighted by Gasteiger charge is -2.09. The van der Waals surface area contributed by atoms with E-state index in [0.717, 1.165) is 12.1 Å². The number of hydrogen-bond acceptors (Lipinski definition) is 4. The number of anilines is 1. The minimum Gasteiger partial charge on any atom is -0.333 e. The molecule has 1 heterocycles. The Balaban J connectivity index is 1.85. The van der Waals surface area contributed by atoms with Gasteiger partial charge in [0.1, 0.15) is 28.9 Å². The molecule has 9 heteroatoms. The standard InChI is InChI=1S/C19H17F2N3O3S/c1-12-6-3-4-9-15(12)23-28(26,27)11-17(25)16-10-24(2)19(22-16)18-13(20)7-5-8-14(18)21/h3-10,23H,11H2,1-2H3. The van der Waals surface area contributed by atoms with Gasteiger partial charge in [-0.1, -0.05) is 24.3 Å². The van der Waals surface area contributed by atoms with E-state index in [1.54, 1.807) is 31.2 Å². The van der Waals surface area contributed by atoms with Gasteiger partial charge in [0.25, 0.3) is 0 Å². The van der Waals surface area contributed by atoms with Crippen molar-refractivity contribution in [3.8, 4) is 11.4 Å². The fraction of sp³-hybridized carbons (Fsp3) is 0.158. The van der Waals surface area contributed by atoms with Crippen LogP contribution >= 0.6 is 0 Å². The molecule has 2 aromatic carbocycles. The van der Waals surface area contributed by atoms with Crippen LogP contribution in [0.1, 0.15) is 16.1 Å². The van der Waals surface area contributed by atoms with Crippen molar-refractivity contribution in [1.82, 2.24) is 9.55 Å². The number of Topliss-reactive ketones (excluding diaryl/α,β-unsaturated/α-hetero) is 1. The van der Waals surface area contributed by atoms with Gasteiger partial charge in [0.15, 0.2) is 5.78 Å². The molecular weight excluding hydrogens is 388 g/mol. The predicted octanol–water partition coefficient (Wildman–Crippen LogP) is 3.30. The SMILES string of the molecule is Cc1ccccc1NS(=O)(=O)CC(=O)c1cn(C)c(-c2c(F)cccc2F)n1. The van der Waals surface area contributed by atoms with Gasteiger partial charge in [-0.2, -0.15) is 0 Å². The molecule has 0 fully saturated rings. The quantitative estimate of drug-likeness (QED) is 0.638. The zero-order valence-corrected chi connectivity index (χ0v) is 15.9. The average molecular weight is 405 g/mol. The van der Waals surface area contributed by atoms with Gasteiger partial charge < -0.3 is 4.57 Å². The summed E-state index contributed by atoms with van der Waals surface area (Å²) in [5.41, 5.74) is 0.486. The summed E-state index contributed by atoms with van der Waals surface area (Å²) in [7, 11) is -2.52. The van der Waals surface area contributed by atoms with Crippen LogP contribution in [0, 0.1) is 18.6 Å². The third-order valence-electron chi connectivity index (χ3n) is 4.08. The van der Waals surface area contributed by atoms with Crippen molar-refractivity contribution in [1.29, 1.82) is 0 Å². The summed E-state index contributed by atoms with van der Waals surface area (Å²) in [5.74, 6) is -3.41. The first-order valence-corrected chi connectivity index (χ1v) is 9.90. The van der Waals surface area contributed by atoms with E-state index in [0.29, 0.717) is 11.3 Å². The molecule has 0 aliphatic heterocycles. The number of nitrogens with one attached hydrogen (secondary N) is 1. The number of rotatable bonds is 6. The van der Waals surface area contributed by atoms with Gasteiger partial charge in [0.2, 0.25) is 10.0 Å². The second-order valence-electron chi connectivity index (χ2n) is 6.26. The molecule has 1 N–H and O–H groups in total. The molecule has 6 nitrogen and oxygen atoms in total. The van der Waals surface area contributed by atoms with Gasteiger partial charge in [0.05, 0.1) is 11.3 Å². The van der Waals surface area contributed by atoms with Gasteiger partial charge in [0, 0.05) is 13.2 Å². The molecule has 0 unspecified atom stereocenters. The summed E-state index contributed by atoms with van der Waals surface area (Å²) in [6.07, 6.45) is 1.24. The number of halogens is 2. The highest BCUT2D eigenvalue weighted by molar-refractivity contribution is 7.93. The minimum absolute atomic E-state index is 0.108. The smallest absolute Gasteiger partial charge is 0.240 e. The Kier molecular flexibility index (Phi) is 5.28. The molecule has 0 amide bonds. The van der Waals surface area contributed by atoms with E-state index in [1.807, 2.05) is 0 Å². The first-order valence-electron chi connectivity index (χ1n) is 8.25. The zero-order chi connectivity index (χ0) is 20.5. The Hall–Kier alpha value is -3.07. The van der Waals surface area contributed by atoms with Crippen LogP contribution in [0.3, 0.4) is 0 Å². The monoisotopic (exact) mass is 405 g/mol. The number of sulfonamides is 1. The fourth-order valence-corrected chi connectivity index (χ4v) is 3.81. The largest absolute Gasteiger partial charge is 0.333 e. The molecule has 3 rings (SSSR count). The lowest BCUT2D eigenvalue weighted by atomic mass is 10.2. The number of aromatic nitrogens is 2. The summed E-state index contributed by atoms with van der Waals surface area (Å²) in [6, 6.07) is 10.1. The Bertz CT molecular complexity index is 1140. The Morgan fingerprint density at radius 2 is 1.75 bits per heavy atom. The molecular formula is C19H17F2N3O3S. The number of hydrogen-bond donors (Lipinski definition) is 1. The van der Waals surface area contributed by atoms with Crippen molar-refractivity contribution in [2.45, 2.75) is 6.92 Å². The molecule has 28 heavy (non-hydrogen) atoms. The van der Waals surface area contributed by atoms with Gasteiger partial charge in [-0.25, -0.2) is 22.2 Å². The van der Waals surface area contributed by atoms with E-state index in [4.69, 9.17) is 0 Å². The third kappa shape index (κ3) is 4.09. The summed E-state index contributed by atoms with van der Waals surface area (Å²) < 4.78 is 56.3. The van der Waals surface area contributed by atoms with Crippen LogP contribution in [0.2, 0.25) is 0 Å². The first-order chi connectivity index (χ1) is 13.2. The maximum Gasteiger partial charge on any atom is 0.240 e. The van der Waals surface area contributed by atoms with E-state index in [1.165, 1.54) is 23.9 Å². The van der Waals surface area contributed by atoms with Crippen molar-refractivity contribution in [2.75, 3.05) is 10.5 Å². The van der Waals surface area contributed by atoms with E-state index in [-0.39, 0.29) is 17.1 Å². The third-order valence-corrected chi connectivity index (χ3v) is 5.25. The number of imidazole rings is 1. The lowest BCUT2D eigenvalue weighted by Crippen LogP contribution is -2.23. The van der Waals surface area contributed by atoms with E-state index < -0.39 is 33.2 Å². The number of nitrogens with zero attached hydrogens (tertiary/aromatic N) is 2. The van der Waals surface area contributed by atoms with Gasteiger partial charge in [-0.3, -0.25) is 9.52 Å². The van der Waals surface area contributed by atoms with Crippen molar-refractivity contribution in [2.24, 2.45) is 7.05 Å².